The molecule has 0 spiro atoms. The van der Waals surface area contributed by atoms with Gasteiger partial charge in [0, 0.05) is 33.4 Å². The summed E-state index contributed by atoms with van der Waals surface area (Å²) in [5.41, 5.74) is 14.4. The van der Waals surface area contributed by atoms with Gasteiger partial charge < -0.3 is 0 Å². The van der Waals surface area contributed by atoms with Crippen LogP contribution >= 0.6 is 0 Å². The number of nitrogens with zero attached hydrogens (tertiary/aromatic N) is 4. The molecule has 0 atom stereocenters. The second-order valence-electron chi connectivity index (χ2n) is 14.3. The minimum absolute atomic E-state index is 0.708. The molecule has 0 aliphatic rings. The van der Waals surface area contributed by atoms with E-state index in [1.807, 2.05) is 72.8 Å². The van der Waals surface area contributed by atoms with Crippen molar-refractivity contribution in [2.75, 3.05) is 0 Å². The molecule has 10 aromatic rings. The standard InChI is InChI=1S/C54H36N4/c1-5-15-38(16-6-1)49-35-51(57-53(55-49)41-19-9-3-10-20-41)40-29-27-37(28-30-40)47-26-14-24-45-33-44(31-32-48(45)47)43-23-13-25-46(34-43)52-36-50(39-17-7-2-8-18-39)56-54(58-52)42-21-11-4-12-22-42/h1-36H. The summed E-state index contributed by atoms with van der Waals surface area (Å²) in [5, 5.41) is 2.38. The highest BCUT2D eigenvalue weighted by molar-refractivity contribution is 5.99. The van der Waals surface area contributed by atoms with Crippen LogP contribution in [0.15, 0.2) is 218 Å². The van der Waals surface area contributed by atoms with Crippen LogP contribution in [-0.2, 0) is 0 Å². The number of hydrogen-bond donors (Lipinski definition) is 0. The predicted molar refractivity (Wildman–Crippen MR) is 239 cm³/mol. The van der Waals surface area contributed by atoms with E-state index >= 15 is 0 Å². The van der Waals surface area contributed by atoms with Crippen LogP contribution in [0.5, 0.6) is 0 Å². The van der Waals surface area contributed by atoms with Crippen molar-refractivity contribution in [2.45, 2.75) is 0 Å². The van der Waals surface area contributed by atoms with Crippen LogP contribution in [0.2, 0.25) is 0 Å². The largest absolute Gasteiger partial charge is 0.228 e. The summed E-state index contributed by atoms with van der Waals surface area (Å²) in [6.45, 7) is 0. The van der Waals surface area contributed by atoms with Crippen molar-refractivity contribution in [3.8, 4) is 90.1 Å². The van der Waals surface area contributed by atoms with Crippen molar-refractivity contribution in [3.63, 3.8) is 0 Å². The molecule has 0 aliphatic heterocycles. The zero-order valence-electron chi connectivity index (χ0n) is 31.6. The molecule has 0 amide bonds. The zero-order chi connectivity index (χ0) is 38.7. The van der Waals surface area contributed by atoms with Crippen LogP contribution in [-0.4, -0.2) is 19.9 Å². The van der Waals surface area contributed by atoms with Gasteiger partial charge in [0.25, 0.3) is 0 Å². The molecule has 4 nitrogen and oxygen atoms in total. The number of aromatic nitrogens is 4. The molecule has 0 saturated carbocycles. The first-order valence-electron chi connectivity index (χ1n) is 19.5. The number of fused-ring (bicyclic) bond motifs is 1. The van der Waals surface area contributed by atoms with E-state index in [2.05, 4.69) is 146 Å². The highest BCUT2D eigenvalue weighted by Crippen LogP contribution is 2.36. The molecular formula is C54H36N4. The molecule has 0 aliphatic carbocycles. The Bertz CT molecular complexity index is 2900. The van der Waals surface area contributed by atoms with Gasteiger partial charge in [-0.3, -0.25) is 0 Å². The van der Waals surface area contributed by atoms with E-state index in [0.717, 1.165) is 72.8 Å². The average molecular weight is 741 g/mol. The first kappa shape index (κ1) is 34.7. The number of hydrogen-bond acceptors (Lipinski definition) is 4. The van der Waals surface area contributed by atoms with Crippen LogP contribution in [0, 0.1) is 0 Å². The summed E-state index contributed by atoms with van der Waals surface area (Å²) >= 11 is 0. The fourth-order valence-electron chi connectivity index (χ4n) is 7.53. The lowest BCUT2D eigenvalue weighted by molar-refractivity contribution is 1.18. The maximum Gasteiger partial charge on any atom is 0.160 e. The van der Waals surface area contributed by atoms with Gasteiger partial charge in [-0.15, -0.1) is 0 Å². The van der Waals surface area contributed by atoms with E-state index in [0.29, 0.717) is 11.6 Å². The zero-order valence-corrected chi connectivity index (χ0v) is 31.6. The molecule has 58 heavy (non-hydrogen) atoms. The summed E-state index contributed by atoms with van der Waals surface area (Å²) in [5.74, 6) is 1.42. The summed E-state index contributed by atoms with van der Waals surface area (Å²) in [6.07, 6.45) is 0. The Hall–Kier alpha value is -7.82. The van der Waals surface area contributed by atoms with E-state index in [1.54, 1.807) is 0 Å². The van der Waals surface area contributed by atoms with Gasteiger partial charge in [-0.05, 0) is 57.3 Å². The van der Waals surface area contributed by atoms with Gasteiger partial charge >= 0.3 is 0 Å². The Labute approximate surface area is 337 Å². The Morgan fingerprint density at radius 1 is 0.224 bits per heavy atom. The fourth-order valence-corrected chi connectivity index (χ4v) is 7.53. The van der Waals surface area contributed by atoms with Crippen molar-refractivity contribution >= 4 is 10.8 Å². The molecule has 0 N–H and O–H groups in total. The van der Waals surface area contributed by atoms with Gasteiger partial charge in [-0.2, -0.15) is 0 Å². The molecule has 8 aromatic carbocycles. The van der Waals surface area contributed by atoms with Crippen LogP contribution < -0.4 is 0 Å². The molecule has 0 bridgehead atoms. The van der Waals surface area contributed by atoms with Crippen LogP contribution in [0.25, 0.3) is 101 Å². The van der Waals surface area contributed by atoms with Gasteiger partial charge in [0.1, 0.15) is 0 Å². The lowest BCUT2D eigenvalue weighted by Crippen LogP contribution is -1.96. The molecule has 4 heteroatoms. The molecule has 0 saturated heterocycles. The van der Waals surface area contributed by atoms with E-state index < -0.39 is 0 Å². The van der Waals surface area contributed by atoms with Crippen molar-refractivity contribution in [2.24, 2.45) is 0 Å². The van der Waals surface area contributed by atoms with Gasteiger partial charge in [0.05, 0.1) is 22.8 Å². The van der Waals surface area contributed by atoms with Gasteiger partial charge in [0.15, 0.2) is 11.6 Å². The molecule has 0 unspecified atom stereocenters. The lowest BCUT2D eigenvalue weighted by atomic mass is 9.94. The fraction of sp³-hybridized carbons (Fsp3) is 0. The topological polar surface area (TPSA) is 51.6 Å². The third-order valence-electron chi connectivity index (χ3n) is 10.5. The minimum atomic E-state index is 0.708. The SMILES string of the molecule is c1ccc(-c2cc(-c3ccc(-c4cccc5cc(-c6cccc(-c7cc(-c8ccccc8)nc(-c8ccccc8)n7)c6)ccc45)cc3)nc(-c3ccccc3)n2)cc1. The van der Waals surface area contributed by atoms with Crippen LogP contribution in [0.1, 0.15) is 0 Å². The van der Waals surface area contributed by atoms with E-state index in [1.165, 1.54) is 16.3 Å². The Morgan fingerprint density at radius 3 is 1.14 bits per heavy atom. The van der Waals surface area contributed by atoms with Crippen molar-refractivity contribution in [1.82, 2.24) is 19.9 Å². The first-order valence-corrected chi connectivity index (χ1v) is 19.5. The molecule has 0 radical (unpaired) electrons. The first-order chi connectivity index (χ1) is 28.7. The molecule has 272 valence electrons. The Morgan fingerprint density at radius 2 is 0.603 bits per heavy atom. The monoisotopic (exact) mass is 740 g/mol. The van der Waals surface area contributed by atoms with E-state index in [-0.39, 0.29) is 0 Å². The van der Waals surface area contributed by atoms with Gasteiger partial charge in [0.2, 0.25) is 0 Å². The Balaban J connectivity index is 0.978. The maximum atomic E-state index is 5.07. The summed E-state index contributed by atoms with van der Waals surface area (Å²) in [7, 11) is 0. The number of rotatable bonds is 8. The minimum Gasteiger partial charge on any atom is -0.228 e. The van der Waals surface area contributed by atoms with Crippen molar-refractivity contribution in [1.29, 1.82) is 0 Å². The molecule has 2 heterocycles. The third-order valence-corrected chi connectivity index (χ3v) is 10.5. The third kappa shape index (κ3) is 7.07. The second kappa shape index (κ2) is 15.4. The highest BCUT2D eigenvalue weighted by atomic mass is 14.9. The van der Waals surface area contributed by atoms with Crippen LogP contribution in [0.4, 0.5) is 0 Å². The normalized spacial score (nSPS) is 11.1. The smallest absolute Gasteiger partial charge is 0.160 e. The molecule has 2 aromatic heterocycles. The molecular weight excluding hydrogens is 705 g/mol. The predicted octanol–water partition coefficient (Wildman–Crippen LogP) is 13.8. The van der Waals surface area contributed by atoms with Crippen LogP contribution in [0.3, 0.4) is 0 Å². The van der Waals surface area contributed by atoms with E-state index in [4.69, 9.17) is 19.9 Å². The van der Waals surface area contributed by atoms with Crippen molar-refractivity contribution in [3.05, 3.63) is 218 Å². The average Bonchev–Trinajstić information content (AvgIpc) is 3.32. The van der Waals surface area contributed by atoms with Gasteiger partial charge in [-0.25, -0.2) is 19.9 Å². The Kier molecular flexibility index (Phi) is 9.18. The van der Waals surface area contributed by atoms with E-state index in [9.17, 15) is 0 Å². The quantitative estimate of drug-likeness (QED) is 0.156. The second-order valence-corrected chi connectivity index (χ2v) is 14.3. The highest BCUT2D eigenvalue weighted by Gasteiger charge is 2.14. The summed E-state index contributed by atoms with van der Waals surface area (Å²) < 4.78 is 0. The van der Waals surface area contributed by atoms with Gasteiger partial charge in [-0.1, -0.05) is 194 Å². The summed E-state index contributed by atoms with van der Waals surface area (Å²) in [6, 6.07) is 75.8. The number of benzene rings is 8. The lowest BCUT2D eigenvalue weighted by Gasteiger charge is -2.12. The molecule has 0 fully saturated rings. The van der Waals surface area contributed by atoms with Crippen molar-refractivity contribution < 1.29 is 0 Å². The summed E-state index contributed by atoms with van der Waals surface area (Å²) in [4.78, 5) is 20.0. The molecule has 10 rings (SSSR count). The maximum absolute atomic E-state index is 5.07.